The SMILES string of the molecule is C[C@H](OC(=O)c1cccnc1)C(=O)Nc1ccc(Br)cc1. The fourth-order valence-electron chi connectivity index (χ4n) is 1.54. The van der Waals surface area contributed by atoms with E-state index in [1.54, 1.807) is 30.5 Å². The zero-order chi connectivity index (χ0) is 15.2. The molecule has 2 aromatic rings. The van der Waals surface area contributed by atoms with Crippen LogP contribution in [-0.2, 0) is 9.53 Å². The lowest BCUT2D eigenvalue weighted by molar-refractivity contribution is -0.123. The molecule has 0 spiro atoms. The molecule has 0 saturated carbocycles. The first-order valence-electron chi connectivity index (χ1n) is 6.23. The minimum absolute atomic E-state index is 0.306. The molecule has 1 atom stereocenters. The number of benzene rings is 1. The molecule has 1 amide bonds. The Bertz CT molecular complexity index is 629. The third-order valence-electron chi connectivity index (χ3n) is 2.66. The highest BCUT2D eigenvalue weighted by molar-refractivity contribution is 9.10. The molecule has 1 N–H and O–H groups in total. The molecule has 6 heteroatoms. The van der Waals surface area contributed by atoms with Crippen LogP contribution in [0.25, 0.3) is 0 Å². The Morgan fingerprint density at radius 2 is 1.95 bits per heavy atom. The van der Waals surface area contributed by atoms with Crippen molar-refractivity contribution < 1.29 is 14.3 Å². The molecule has 0 aliphatic rings. The lowest BCUT2D eigenvalue weighted by atomic mass is 10.3. The van der Waals surface area contributed by atoms with Crippen LogP contribution >= 0.6 is 15.9 Å². The number of halogens is 1. The molecule has 1 heterocycles. The highest BCUT2D eigenvalue weighted by Gasteiger charge is 2.19. The number of anilines is 1. The van der Waals surface area contributed by atoms with Crippen LogP contribution < -0.4 is 5.32 Å². The number of ether oxygens (including phenoxy) is 1. The van der Waals surface area contributed by atoms with Gasteiger partial charge in [-0.05, 0) is 43.3 Å². The van der Waals surface area contributed by atoms with Crippen LogP contribution in [0.1, 0.15) is 17.3 Å². The molecule has 0 aliphatic carbocycles. The molecule has 0 saturated heterocycles. The number of esters is 1. The summed E-state index contributed by atoms with van der Waals surface area (Å²) in [5.41, 5.74) is 0.938. The third kappa shape index (κ3) is 4.39. The van der Waals surface area contributed by atoms with Gasteiger partial charge in [-0.25, -0.2) is 4.79 Å². The number of nitrogens with one attached hydrogen (secondary N) is 1. The van der Waals surface area contributed by atoms with Crippen LogP contribution in [0.4, 0.5) is 5.69 Å². The summed E-state index contributed by atoms with van der Waals surface area (Å²) in [4.78, 5) is 27.6. The van der Waals surface area contributed by atoms with Gasteiger partial charge in [-0.1, -0.05) is 15.9 Å². The summed E-state index contributed by atoms with van der Waals surface area (Å²) >= 11 is 3.31. The summed E-state index contributed by atoms with van der Waals surface area (Å²) in [5.74, 6) is -0.976. The maximum atomic E-state index is 11.9. The average Bonchev–Trinajstić information content (AvgIpc) is 2.50. The first kappa shape index (κ1) is 15.2. The molecule has 0 bridgehead atoms. The topological polar surface area (TPSA) is 68.3 Å². The predicted molar refractivity (Wildman–Crippen MR) is 81.9 cm³/mol. The third-order valence-corrected chi connectivity index (χ3v) is 3.19. The largest absolute Gasteiger partial charge is 0.449 e. The summed E-state index contributed by atoms with van der Waals surface area (Å²) in [6, 6.07) is 10.3. The van der Waals surface area contributed by atoms with Crippen LogP contribution in [0.5, 0.6) is 0 Å². The summed E-state index contributed by atoms with van der Waals surface area (Å²) in [7, 11) is 0. The zero-order valence-electron chi connectivity index (χ0n) is 11.2. The van der Waals surface area contributed by atoms with Gasteiger partial charge in [0.1, 0.15) is 0 Å². The van der Waals surface area contributed by atoms with Crippen molar-refractivity contribution in [1.82, 2.24) is 4.98 Å². The average molecular weight is 349 g/mol. The minimum atomic E-state index is -0.902. The molecule has 0 fully saturated rings. The number of nitrogens with zero attached hydrogens (tertiary/aromatic N) is 1. The maximum Gasteiger partial charge on any atom is 0.340 e. The molecule has 21 heavy (non-hydrogen) atoms. The van der Waals surface area contributed by atoms with Crippen molar-refractivity contribution in [2.24, 2.45) is 0 Å². The Labute approximate surface area is 130 Å². The Morgan fingerprint density at radius 1 is 1.24 bits per heavy atom. The quantitative estimate of drug-likeness (QED) is 0.862. The number of pyridine rings is 1. The Hall–Kier alpha value is -2.21. The van der Waals surface area contributed by atoms with Gasteiger partial charge < -0.3 is 10.1 Å². The fourth-order valence-corrected chi connectivity index (χ4v) is 1.81. The second-order valence-electron chi connectivity index (χ2n) is 4.29. The van der Waals surface area contributed by atoms with Crippen molar-refractivity contribution in [3.8, 4) is 0 Å². The number of amides is 1. The van der Waals surface area contributed by atoms with Crippen molar-refractivity contribution in [3.63, 3.8) is 0 Å². The van der Waals surface area contributed by atoms with Gasteiger partial charge in [0.25, 0.3) is 5.91 Å². The fraction of sp³-hybridized carbons (Fsp3) is 0.133. The number of hydrogen-bond donors (Lipinski definition) is 1. The van der Waals surface area contributed by atoms with Crippen molar-refractivity contribution >= 4 is 33.5 Å². The number of aromatic nitrogens is 1. The summed E-state index contributed by atoms with van der Waals surface area (Å²) in [6.07, 6.45) is 2.05. The smallest absolute Gasteiger partial charge is 0.340 e. The Morgan fingerprint density at radius 3 is 2.57 bits per heavy atom. The highest BCUT2D eigenvalue weighted by Crippen LogP contribution is 2.14. The second kappa shape index (κ2) is 6.99. The molecule has 0 radical (unpaired) electrons. The molecule has 1 aromatic carbocycles. The number of hydrogen-bond acceptors (Lipinski definition) is 4. The van der Waals surface area contributed by atoms with Crippen LogP contribution in [0.15, 0.2) is 53.3 Å². The van der Waals surface area contributed by atoms with E-state index in [9.17, 15) is 9.59 Å². The van der Waals surface area contributed by atoms with E-state index in [0.717, 1.165) is 4.47 Å². The number of carbonyl (C=O) groups is 2. The van der Waals surface area contributed by atoms with E-state index in [1.165, 1.54) is 13.1 Å². The monoisotopic (exact) mass is 348 g/mol. The van der Waals surface area contributed by atoms with Gasteiger partial charge in [0, 0.05) is 22.6 Å². The first-order valence-corrected chi connectivity index (χ1v) is 7.03. The van der Waals surface area contributed by atoms with E-state index in [2.05, 4.69) is 26.2 Å². The number of rotatable bonds is 4. The molecule has 1 aromatic heterocycles. The van der Waals surface area contributed by atoms with Crippen molar-refractivity contribution in [1.29, 1.82) is 0 Å². The lowest BCUT2D eigenvalue weighted by Crippen LogP contribution is -2.30. The molecule has 2 rings (SSSR count). The van der Waals surface area contributed by atoms with Gasteiger partial charge in [0.05, 0.1) is 5.56 Å². The maximum absolute atomic E-state index is 11.9. The molecule has 0 unspecified atom stereocenters. The van der Waals surface area contributed by atoms with E-state index >= 15 is 0 Å². The van der Waals surface area contributed by atoms with Gasteiger partial charge in [0.2, 0.25) is 0 Å². The van der Waals surface area contributed by atoms with E-state index in [-0.39, 0.29) is 0 Å². The van der Waals surface area contributed by atoms with Gasteiger partial charge in [-0.3, -0.25) is 9.78 Å². The van der Waals surface area contributed by atoms with Gasteiger partial charge in [-0.15, -0.1) is 0 Å². The van der Waals surface area contributed by atoms with E-state index in [0.29, 0.717) is 11.3 Å². The van der Waals surface area contributed by atoms with E-state index in [1.807, 2.05) is 12.1 Å². The summed E-state index contributed by atoms with van der Waals surface area (Å²) in [5, 5.41) is 2.67. The van der Waals surface area contributed by atoms with Crippen LogP contribution in [-0.4, -0.2) is 23.0 Å². The molecule has 108 valence electrons. The van der Waals surface area contributed by atoms with Crippen molar-refractivity contribution in [3.05, 3.63) is 58.8 Å². The Balaban J connectivity index is 1.93. The molecular weight excluding hydrogens is 336 g/mol. The molecule has 5 nitrogen and oxygen atoms in total. The highest BCUT2D eigenvalue weighted by atomic mass is 79.9. The normalized spacial score (nSPS) is 11.5. The molecule has 0 aliphatic heterocycles. The standard InChI is InChI=1S/C15H13BrN2O3/c1-10(21-15(20)11-3-2-8-17-9-11)14(19)18-13-6-4-12(16)5-7-13/h2-10H,1H3,(H,18,19)/t10-/m0/s1. The van der Waals surface area contributed by atoms with Crippen molar-refractivity contribution in [2.75, 3.05) is 5.32 Å². The summed E-state index contributed by atoms with van der Waals surface area (Å²) < 4.78 is 6.01. The van der Waals surface area contributed by atoms with E-state index in [4.69, 9.17) is 4.74 Å². The van der Waals surface area contributed by atoms with Crippen LogP contribution in [0.3, 0.4) is 0 Å². The minimum Gasteiger partial charge on any atom is -0.449 e. The second-order valence-corrected chi connectivity index (χ2v) is 5.20. The zero-order valence-corrected chi connectivity index (χ0v) is 12.8. The predicted octanol–water partition coefficient (Wildman–Crippen LogP) is 3.03. The van der Waals surface area contributed by atoms with Gasteiger partial charge in [-0.2, -0.15) is 0 Å². The van der Waals surface area contributed by atoms with Gasteiger partial charge >= 0.3 is 5.97 Å². The lowest BCUT2D eigenvalue weighted by Gasteiger charge is -2.13. The molecular formula is C15H13BrN2O3. The Kier molecular flexibility index (Phi) is 5.05. The van der Waals surface area contributed by atoms with E-state index < -0.39 is 18.0 Å². The van der Waals surface area contributed by atoms with Crippen LogP contribution in [0.2, 0.25) is 0 Å². The van der Waals surface area contributed by atoms with Crippen molar-refractivity contribution in [2.45, 2.75) is 13.0 Å². The first-order chi connectivity index (χ1) is 10.1. The van der Waals surface area contributed by atoms with Crippen LogP contribution in [0, 0.1) is 0 Å². The number of carbonyl (C=O) groups excluding carboxylic acids is 2. The summed E-state index contributed by atoms with van der Waals surface area (Å²) in [6.45, 7) is 1.52. The van der Waals surface area contributed by atoms with Gasteiger partial charge in [0.15, 0.2) is 6.10 Å².